The molecule has 0 bridgehead atoms. The van der Waals surface area contributed by atoms with Gasteiger partial charge in [-0.05, 0) is 51.7 Å². The highest BCUT2D eigenvalue weighted by Crippen LogP contribution is 2.40. The summed E-state index contributed by atoms with van der Waals surface area (Å²) >= 11 is 0. The summed E-state index contributed by atoms with van der Waals surface area (Å²) in [6, 6.07) is 0. The lowest BCUT2D eigenvalue weighted by atomic mass is 9.94. The standard InChI is InChI=1S/C14H27OSi2/c1-13-9-8-10-14(13,15-17(5,6)7)11-12-16(2,3)4/h13H,1,8-10H2,2-7H3/t13-,14+/m1/s1. The van der Waals surface area contributed by atoms with E-state index in [0.29, 0.717) is 5.92 Å². The normalized spacial score (nSPS) is 29.9. The Morgan fingerprint density at radius 2 is 1.76 bits per heavy atom. The zero-order valence-electron chi connectivity index (χ0n) is 12.3. The summed E-state index contributed by atoms with van der Waals surface area (Å²) in [6.45, 7) is 17.9. The van der Waals surface area contributed by atoms with Crippen molar-refractivity contribution < 1.29 is 4.43 Å². The van der Waals surface area contributed by atoms with Crippen LogP contribution in [0.25, 0.3) is 0 Å². The lowest BCUT2D eigenvalue weighted by molar-refractivity contribution is 0.0987. The van der Waals surface area contributed by atoms with Gasteiger partial charge in [0, 0.05) is 0 Å². The van der Waals surface area contributed by atoms with E-state index in [1.165, 1.54) is 6.42 Å². The van der Waals surface area contributed by atoms with Crippen LogP contribution in [-0.2, 0) is 4.43 Å². The minimum Gasteiger partial charge on any atom is -0.401 e. The Bertz CT molecular complexity index is 327. The number of rotatable bonds is 2. The molecule has 1 aliphatic rings. The Balaban J connectivity index is 2.98. The summed E-state index contributed by atoms with van der Waals surface area (Å²) < 4.78 is 6.42. The molecule has 1 radical (unpaired) electrons. The molecule has 0 saturated heterocycles. The van der Waals surface area contributed by atoms with Crippen LogP contribution in [-0.4, -0.2) is 22.0 Å². The second-order valence-electron chi connectivity index (χ2n) is 7.19. The highest BCUT2D eigenvalue weighted by atomic mass is 28.4. The van der Waals surface area contributed by atoms with Gasteiger partial charge in [0.2, 0.25) is 0 Å². The van der Waals surface area contributed by atoms with E-state index in [0.717, 1.165) is 12.8 Å². The quantitative estimate of drug-likeness (QED) is 0.541. The molecule has 0 heterocycles. The fourth-order valence-electron chi connectivity index (χ4n) is 2.21. The molecule has 0 aromatic carbocycles. The Hall–Kier alpha value is -0.0462. The predicted molar refractivity (Wildman–Crippen MR) is 81.0 cm³/mol. The highest BCUT2D eigenvalue weighted by Gasteiger charge is 2.43. The molecule has 2 atom stereocenters. The van der Waals surface area contributed by atoms with Crippen LogP contribution in [0.3, 0.4) is 0 Å². The fraction of sp³-hybridized carbons (Fsp3) is 0.786. The van der Waals surface area contributed by atoms with E-state index < -0.39 is 16.4 Å². The second-order valence-corrected chi connectivity index (χ2v) is 16.4. The first-order valence-corrected chi connectivity index (χ1v) is 13.5. The first kappa shape index (κ1) is 15.0. The summed E-state index contributed by atoms with van der Waals surface area (Å²) in [5.41, 5.74) is 3.27. The monoisotopic (exact) mass is 267 g/mol. The molecule has 17 heavy (non-hydrogen) atoms. The molecule has 1 saturated carbocycles. The van der Waals surface area contributed by atoms with Gasteiger partial charge < -0.3 is 4.43 Å². The van der Waals surface area contributed by atoms with Crippen molar-refractivity contribution in [2.24, 2.45) is 5.92 Å². The molecule has 0 spiro atoms. The molecule has 1 aliphatic carbocycles. The van der Waals surface area contributed by atoms with E-state index in [1.807, 2.05) is 0 Å². The molecule has 0 unspecified atom stereocenters. The van der Waals surface area contributed by atoms with E-state index in [1.54, 1.807) is 0 Å². The van der Waals surface area contributed by atoms with Gasteiger partial charge in [-0.25, -0.2) is 0 Å². The van der Waals surface area contributed by atoms with Crippen molar-refractivity contribution in [3.05, 3.63) is 6.92 Å². The van der Waals surface area contributed by atoms with Gasteiger partial charge in [0.1, 0.15) is 13.7 Å². The van der Waals surface area contributed by atoms with E-state index in [-0.39, 0.29) is 5.60 Å². The SMILES string of the molecule is [CH2][C@@H]1CCC[C@@]1(C#C[Si](C)(C)C)O[Si](C)(C)C. The van der Waals surface area contributed by atoms with Gasteiger partial charge in [-0.2, -0.15) is 0 Å². The summed E-state index contributed by atoms with van der Waals surface area (Å²) in [7, 11) is -2.89. The first-order chi connectivity index (χ1) is 7.54. The average Bonchev–Trinajstić information content (AvgIpc) is 2.41. The number of hydrogen-bond donors (Lipinski definition) is 0. The predicted octanol–water partition coefficient (Wildman–Crippen LogP) is 4.09. The van der Waals surface area contributed by atoms with Crippen LogP contribution in [0.15, 0.2) is 0 Å². The van der Waals surface area contributed by atoms with Crippen LogP contribution in [0.5, 0.6) is 0 Å². The Morgan fingerprint density at radius 3 is 2.12 bits per heavy atom. The smallest absolute Gasteiger partial charge is 0.185 e. The molecule has 0 aliphatic heterocycles. The van der Waals surface area contributed by atoms with Crippen molar-refractivity contribution in [1.29, 1.82) is 0 Å². The van der Waals surface area contributed by atoms with Crippen LogP contribution in [0, 0.1) is 24.3 Å². The first-order valence-electron chi connectivity index (χ1n) is 6.62. The van der Waals surface area contributed by atoms with Crippen molar-refractivity contribution in [1.82, 2.24) is 0 Å². The van der Waals surface area contributed by atoms with Crippen LogP contribution in [0.4, 0.5) is 0 Å². The molecule has 0 N–H and O–H groups in total. The van der Waals surface area contributed by atoms with Gasteiger partial charge in [-0.1, -0.05) is 25.6 Å². The van der Waals surface area contributed by atoms with Gasteiger partial charge in [0.25, 0.3) is 0 Å². The summed E-state index contributed by atoms with van der Waals surface area (Å²) in [5.74, 6) is 3.85. The van der Waals surface area contributed by atoms with Gasteiger partial charge in [-0.3, -0.25) is 0 Å². The average molecular weight is 268 g/mol. The molecular weight excluding hydrogens is 240 g/mol. The fourth-order valence-corrected chi connectivity index (χ4v) is 4.21. The number of hydrogen-bond acceptors (Lipinski definition) is 1. The maximum atomic E-state index is 6.42. The third-order valence-electron chi connectivity index (χ3n) is 2.90. The molecule has 0 amide bonds. The third kappa shape index (κ3) is 4.61. The van der Waals surface area contributed by atoms with Crippen molar-refractivity contribution in [2.75, 3.05) is 0 Å². The molecule has 97 valence electrons. The highest BCUT2D eigenvalue weighted by molar-refractivity contribution is 6.83. The van der Waals surface area contributed by atoms with Gasteiger partial charge in [0.15, 0.2) is 8.32 Å². The van der Waals surface area contributed by atoms with Crippen LogP contribution < -0.4 is 0 Å². The maximum absolute atomic E-state index is 6.42. The van der Waals surface area contributed by atoms with Gasteiger partial charge >= 0.3 is 0 Å². The summed E-state index contributed by atoms with van der Waals surface area (Å²) in [6.07, 6.45) is 3.44. The Labute approximate surface area is 109 Å². The summed E-state index contributed by atoms with van der Waals surface area (Å²) in [5, 5.41) is 0. The third-order valence-corrected chi connectivity index (χ3v) is 4.75. The molecule has 3 heteroatoms. The molecule has 1 rings (SSSR count). The van der Waals surface area contributed by atoms with E-state index in [9.17, 15) is 0 Å². The second kappa shape index (κ2) is 4.91. The minimum atomic E-state index is -1.56. The minimum absolute atomic E-state index is 0.231. The Kier molecular flexibility index (Phi) is 4.34. The van der Waals surface area contributed by atoms with Crippen molar-refractivity contribution >= 4 is 16.4 Å². The molecule has 1 nitrogen and oxygen atoms in total. The van der Waals surface area contributed by atoms with E-state index in [2.05, 4.69) is 57.7 Å². The van der Waals surface area contributed by atoms with Gasteiger partial charge in [-0.15, -0.1) is 5.54 Å². The lowest BCUT2D eigenvalue weighted by Crippen LogP contribution is -2.44. The van der Waals surface area contributed by atoms with Gasteiger partial charge in [0.05, 0.1) is 0 Å². The van der Waals surface area contributed by atoms with Crippen LogP contribution in [0.2, 0.25) is 39.3 Å². The summed E-state index contributed by atoms with van der Waals surface area (Å²) in [4.78, 5) is 0. The topological polar surface area (TPSA) is 9.23 Å². The zero-order chi connectivity index (χ0) is 13.3. The van der Waals surface area contributed by atoms with Crippen LogP contribution >= 0.6 is 0 Å². The zero-order valence-corrected chi connectivity index (χ0v) is 14.3. The van der Waals surface area contributed by atoms with Crippen molar-refractivity contribution in [2.45, 2.75) is 64.1 Å². The lowest BCUT2D eigenvalue weighted by Gasteiger charge is -2.35. The molecule has 1 fully saturated rings. The molecule has 0 aromatic heterocycles. The van der Waals surface area contributed by atoms with E-state index >= 15 is 0 Å². The van der Waals surface area contributed by atoms with E-state index in [4.69, 9.17) is 4.43 Å². The molecule has 0 aromatic rings. The van der Waals surface area contributed by atoms with Crippen molar-refractivity contribution in [3.63, 3.8) is 0 Å². The van der Waals surface area contributed by atoms with Crippen LogP contribution in [0.1, 0.15) is 19.3 Å². The Morgan fingerprint density at radius 1 is 1.18 bits per heavy atom. The van der Waals surface area contributed by atoms with Crippen molar-refractivity contribution in [3.8, 4) is 11.5 Å². The largest absolute Gasteiger partial charge is 0.401 e. The molecular formula is C14H27OSi2. The maximum Gasteiger partial charge on any atom is 0.185 e.